The highest BCUT2D eigenvalue weighted by Crippen LogP contribution is 2.27. The number of nitrogens with one attached hydrogen (secondary N) is 4. The largest absolute Gasteiger partial charge is 0.387 e. The molecule has 3 aromatic rings. The standard InChI is InChI=1S/C26H31N7O/c1-16(2)30-24(34)21-15-29-25(32-19-7-6-18-14-27-10-8-17(18)12-19)33-23(21)31-20-9-11-28-22(13-20)26(3,4)5/h6-13,15-16,27H,14H2,1-5H3,(H,30,34)(H2,28,29,31,32,33). The summed E-state index contributed by atoms with van der Waals surface area (Å²) in [5.41, 5.74) is 5.24. The lowest BCUT2D eigenvalue weighted by Gasteiger charge is -2.19. The molecule has 8 heteroatoms. The van der Waals surface area contributed by atoms with Crippen LogP contribution in [-0.4, -0.2) is 26.9 Å². The topological polar surface area (TPSA) is 104 Å². The average molecular weight is 458 g/mol. The van der Waals surface area contributed by atoms with Crippen LogP contribution in [0.3, 0.4) is 0 Å². The molecule has 0 aliphatic carbocycles. The van der Waals surface area contributed by atoms with Crippen molar-refractivity contribution in [2.24, 2.45) is 0 Å². The molecule has 0 saturated heterocycles. The van der Waals surface area contributed by atoms with E-state index in [1.54, 1.807) is 12.4 Å². The second kappa shape index (κ2) is 9.51. The molecule has 4 rings (SSSR count). The first-order valence-electron chi connectivity index (χ1n) is 11.4. The van der Waals surface area contributed by atoms with Gasteiger partial charge in [0.1, 0.15) is 11.4 Å². The Morgan fingerprint density at radius 3 is 2.62 bits per heavy atom. The van der Waals surface area contributed by atoms with Gasteiger partial charge < -0.3 is 21.3 Å². The Morgan fingerprint density at radius 1 is 1.06 bits per heavy atom. The Balaban J connectivity index is 1.66. The van der Waals surface area contributed by atoms with Crippen LogP contribution in [0.15, 0.2) is 48.9 Å². The number of hydrogen-bond acceptors (Lipinski definition) is 7. The van der Waals surface area contributed by atoms with Gasteiger partial charge in [-0.1, -0.05) is 26.8 Å². The first kappa shape index (κ1) is 23.2. The lowest BCUT2D eigenvalue weighted by Crippen LogP contribution is -2.31. The van der Waals surface area contributed by atoms with Crippen LogP contribution in [0, 0.1) is 0 Å². The lowest BCUT2D eigenvalue weighted by molar-refractivity contribution is 0.0943. The third kappa shape index (κ3) is 5.51. The molecule has 3 heterocycles. The molecule has 176 valence electrons. The van der Waals surface area contributed by atoms with Crippen LogP contribution < -0.4 is 21.3 Å². The summed E-state index contributed by atoms with van der Waals surface area (Å²) in [7, 11) is 0. The van der Waals surface area contributed by atoms with Crippen molar-refractivity contribution in [3.05, 3.63) is 71.3 Å². The molecule has 34 heavy (non-hydrogen) atoms. The first-order chi connectivity index (χ1) is 16.2. The maximum Gasteiger partial charge on any atom is 0.256 e. The molecule has 0 unspecified atom stereocenters. The summed E-state index contributed by atoms with van der Waals surface area (Å²) in [6.07, 6.45) is 7.27. The molecular weight excluding hydrogens is 426 g/mol. The zero-order chi connectivity index (χ0) is 24.3. The van der Waals surface area contributed by atoms with Gasteiger partial charge in [-0.25, -0.2) is 4.98 Å². The molecule has 0 saturated carbocycles. The van der Waals surface area contributed by atoms with Gasteiger partial charge in [-0.05, 0) is 61.5 Å². The van der Waals surface area contributed by atoms with E-state index in [9.17, 15) is 4.79 Å². The molecule has 2 aromatic heterocycles. The number of fused-ring (bicyclic) bond motifs is 1. The van der Waals surface area contributed by atoms with Gasteiger partial charge in [0, 0.05) is 47.5 Å². The molecule has 8 nitrogen and oxygen atoms in total. The number of rotatable bonds is 6. The summed E-state index contributed by atoms with van der Waals surface area (Å²) in [5.74, 6) is 0.580. The van der Waals surface area contributed by atoms with Crippen LogP contribution in [0.2, 0.25) is 0 Å². The van der Waals surface area contributed by atoms with Crippen molar-refractivity contribution in [1.29, 1.82) is 0 Å². The second-order valence-corrected chi connectivity index (χ2v) is 9.64. The van der Waals surface area contributed by atoms with Gasteiger partial charge in [0.05, 0.1) is 0 Å². The Morgan fingerprint density at radius 2 is 1.85 bits per heavy atom. The number of benzene rings is 1. The number of aromatic nitrogens is 3. The van der Waals surface area contributed by atoms with Crippen molar-refractivity contribution < 1.29 is 4.79 Å². The van der Waals surface area contributed by atoms with Gasteiger partial charge in [0.25, 0.3) is 5.91 Å². The molecule has 4 N–H and O–H groups in total. The van der Waals surface area contributed by atoms with Crippen LogP contribution in [-0.2, 0) is 12.0 Å². The monoisotopic (exact) mass is 457 g/mol. The van der Waals surface area contributed by atoms with E-state index in [0.717, 1.165) is 29.2 Å². The second-order valence-electron chi connectivity index (χ2n) is 9.64. The van der Waals surface area contributed by atoms with Crippen molar-refractivity contribution in [3.63, 3.8) is 0 Å². The van der Waals surface area contributed by atoms with E-state index in [1.165, 1.54) is 5.56 Å². The minimum Gasteiger partial charge on any atom is -0.387 e. The molecule has 1 aliphatic heterocycles. The molecule has 0 radical (unpaired) electrons. The van der Waals surface area contributed by atoms with Crippen LogP contribution in [0.1, 0.15) is 61.8 Å². The van der Waals surface area contributed by atoms with Crippen molar-refractivity contribution in [2.45, 2.75) is 52.6 Å². The number of pyridine rings is 1. The Hall–Kier alpha value is -3.94. The van der Waals surface area contributed by atoms with Crippen molar-refractivity contribution in [2.75, 3.05) is 10.6 Å². The van der Waals surface area contributed by atoms with E-state index in [-0.39, 0.29) is 17.4 Å². The van der Waals surface area contributed by atoms with Crippen LogP contribution in [0.5, 0.6) is 0 Å². The normalized spacial score (nSPS) is 12.6. The fourth-order valence-corrected chi connectivity index (χ4v) is 3.53. The Bertz CT molecular complexity index is 1230. The quantitative estimate of drug-likeness (QED) is 0.419. The third-order valence-electron chi connectivity index (χ3n) is 5.32. The van der Waals surface area contributed by atoms with Crippen LogP contribution >= 0.6 is 0 Å². The van der Waals surface area contributed by atoms with Gasteiger partial charge >= 0.3 is 0 Å². The minimum atomic E-state index is -0.236. The molecule has 0 bridgehead atoms. The summed E-state index contributed by atoms with van der Waals surface area (Å²) in [5, 5.41) is 12.7. The zero-order valence-electron chi connectivity index (χ0n) is 20.2. The number of amides is 1. The lowest BCUT2D eigenvalue weighted by atomic mass is 9.91. The van der Waals surface area contributed by atoms with Gasteiger partial charge in [0.15, 0.2) is 0 Å². The van der Waals surface area contributed by atoms with Crippen LogP contribution in [0.25, 0.3) is 6.08 Å². The number of anilines is 4. The maximum absolute atomic E-state index is 12.8. The van der Waals surface area contributed by atoms with Crippen molar-refractivity contribution in [1.82, 2.24) is 25.6 Å². The number of nitrogens with zero attached hydrogens (tertiary/aromatic N) is 3. The number of carbonyl (C=O) groups excluding carboxylic acids is 1. The molecular formula is C26H31N7O. The highest BCUT2D eigenvalue weighted by atomic mass is 16.1. The smallest absolute Gasteiger partial charge is 0.256 e. The molecule has 1 amide bonds. The molecule has 0 atom stereocenters. The third-order valence-corrected chi connectivity index (χ3v) is 5.32. The zero-order valence-corrected chi connectivity index (χ0v) is 20.2. The molecule has 1 aromatic carbocycles. The van der Waals surface area contributed by atoms with E-state index in [4.69, 9.17) is 0 Å². The highest BCUT2D eigenvalue weighted by Gasteiger charge is 2.19. The Labute approximate surface area is 200 Å². The maximum atomic E-state index is 12.8. The summed E-state index contributed by atoms with van der Waals surface area (Å²) in [6, 6.07) is 9.95. The van der Waals surface area contributed by atoms with Crippen LogP contribution in [0.4, 0.5) is 23.1 Å². The van der Waals surface area contributed by atoms with E-state index in [1.807, 2.05) is 44.3 Å². The molecule has 0 fully saturated rings. The fraction of sp³-hybridized carbons (Fsp3) is 0.308. The van der Waals surface area contributed by atoms with Crippen molar-refractivity contribution >= 4 is 35.1 Å². The van der Waals surface area contributed by atoms with E-state index < -0.39 is 0 Å². The fourth-order valence-electron chi connectivity index (χ4n) is 3.53. The van der Waals surface area contributed by atoms with E-state index in [2.05, 4.69) is 69.1 Å². The number of carbonyl (C=O) groups is 1. The predicted octanol–water partition coefficient (Wildman–Crippen LogP) is 4.87. The summed E-state index contributed by atoms with van der Waals surface area (Å²) in [6.45, 7) is 11.0. The number of hydrogen-bond donors (Lipinski definition) is 4. The Kier molecular flexibility index (Phi) is 6.49. The SMILES string of the molecule is CC(C)NC(=O)c1cnc(Nc2ccc3c(c2)C=CNC3)nc1Nc1ccnc(C(C)(C)C)c1. The minimum absolute atomic E-state index is 0.00962. The first-order valence-corrected chi connectivity index (χ1v) is 11.4. The van der Waals surface area contributed by atoms with Gasteiger partial charge in [-0.2, -0.15) is 4.98 Å². The van der Waals surface area contributed by atoms with Gasteiger partial charge in [-0.15, -0.1) is 0 Å². The van der Waals surface area contributed by atoms with Crippen molar-refractivity contribution in [3.8, 4) is 0 Å². The van der Waals surface area contributed by atoms with E-state index >= 15 is 0 Å². The molecule has 1 aliphatic rings. The average Bonchev–Trinajstić information content (AvgIpc) is 2.78. The van der Waals surface area contributed by atoms with Gasteiger partial charge in [-0.3, -0.25) is 9.78 Å². The summed E-state index contributed by atoms with van der Waals surface area (Å²) < 4.78 is 0. The summed E-state index contributed by atoms with van der Waals surface area (Å²) in [4.78, 5) is 26.4. The van der Waals surface area contributed by atoms with E-state index in [0.29, 0.717) is 17.3 Å². The molecule has 0 spiro atoms. The van der Waals surface area contributed by atoms with Gasteiger partial charge in [0.2, 0.25) is 5.95 Å². The highest BCUT2D eigenvalue weighted by molar-refractivity contribution is 5.99. The summed E-state index contributed by atoms with van der Waals surface area (Å²) >= 11 is 0. The predicted molar refractivity (Wildman–Crippen MR) is 136 cm³/mol.